The zero-order valence-corrected chi connectivity index (χ0v) is 15.6. The molecule has 1 aliphatic heterocycles. The lowest BCUT2D eigenvalue weighted by Gasteiger charge is -2.29. The summed E-state index contributed by atoms with van der Waals surface area (Å²) in [4.78, 5) is 14.8. The average Bonchev–Trinajstić information content (AvgIpc) is 3.18. The molecule has 1 fully saturated rings. The van der Waals surface area contributed by atoms with Gasteiger partial charge in [-0.2, -0.15) is 0 Å². The second-order valence-electron chi connectivity index (χ2n) is 6.32. The van der Waals surface area contributed by atoms with Crippen LogP contribution in [0, 0.1) is 0 Å². The largest absolute Gasteiger partial charge is 0.495 e. The third kappa shape index (κ3) is 4.48. The molecule has 0 saturated carbocycles. The van der Waals surface area contributed by atoms with Crippen LogP contribution < -0.4 is 15.4 Å². The van der Waals surface area contributed by atoms with Crippen LogP contribution in [0.1, 0.15) is 24.4 Å². The number of rotatable bonds is 6. The van der Waals surface area contributed by atoms with Crippen molar-refractivity contribution in [2.45, 2.75) is 18.9 Å². The van der Waals surface area contributed by atoms with Crippen LogP contribution in [0.3, 0.4) is 0 Å². The zero-order chi connectivity index (χ0) is 18.4. The number of nitrogens with one attached hydrogen (secondary N) is 2. The van der Waals surface area contributed by atoms with Crippen molar-refractivity contribution >= 4 is 23.3 Å². The Balaban J connectivity index is 1.67. The Morgan fingerprint density at radius 2 is 1.85 bits per heavy atom. The molecular formula is C20H24ClN3O2. The van der Waals surface area contributed by atoms with E-state index in [-0.39, 0.29) is 12.1 Å². The Hall–Kier alpha value is -2.24. The van der Waals surface area contributed by atoms with E-state index in [0.29, 0.717) is 18.0 Å². The van der Waals surface area contributed by atoms with Crippen molar-refractivity contribution in [2.75, 3.05) is 32.1 Å². The number of likely N-dealkylation sites (tertiary alicyclic amines) is 1. The molecule has 1 aliphatic rings. The fourth-order valence-electron chi connectivity index (χ4n) is 3.34. The Morgan fingerprint density at radius 3 is 2.58 bits per heavy atom. The van der Waals surface area contributed by atoms with Gasteiger partial charge in [0.2, 0.25) is 0 Å². The minimum atomic E-state index is -0.259. The molecule has 1 heterocycles. The first-order chi connectivity index (χ1) is 12.7. The van der Waals surface area contributed by atoms with Crippen molar-refractivity contribution in [1.29, 1.82) is 0 Å². The lowest BCUT2D eigenvalue weighted by molar-refractivity contribution is 0.227. The molecule has 0 aromatic heterocycles. The van der Waals surface area contributed by atoms with Crippen LogP contribution in [-0.4, -0.2) is 37.7 Å². The number of amides is 2. The molecule has 1 atom stereocenters. The molecule has 2 N–H and O–H groups in total. The van der Waals surface area contributed by atoms with Crippen LogP contribution in [0.25, 0.3) is 0 Å². The maximum absolute atomic E-state index is 12.4. The smallest absolute Gasteiger partial charge is 0.319 e. The van der Waals surface area contributed by atoms with Gasteiger partial charge in [-0.15, -0.1) is 0 Å². The van der Waals surface area contributed by atoms with Gasteiger partial charge in [-0.05, 0) is 49.7 Å². The van der Waals surface area contributed by atoms with Gasteiger partial charge in [-0.25, -0.2) is 4.79 Å². The summed E-state index contributed by atoms with van der Waals surface area (Å²) in [6, 6.07) is 15.0. The number of hydrogen-bond acceptors (Lipinski definition) is 3. The first-order valence-electron chi connectivity index (χ1n) is 8.85. The highest BCUT2D eigenvalue weighted by Gasteiger charge is 2.25. The predicted molar refractivity (Wildman–Crippen MR) is 105 cm³/mol. The second-order valence-corrected chi connectivity index (χ2v) is 6.72. The minimum absolute atomic E-state index is 0.0645. The fourth-order valence-corrected chi connectivity index (χ4v) is 3.60. The van der Waals surface area contributed by atoms with Gasteiger partial charge < -0.3 is 15.4 Å². The van der Waals surface area contributed by atoms with E-state index < -0.39 is 0 Å². The first-order valence-corrected chi connectivity index (χ1v) is 9.23. The van der Waals surface area contributed by atoms with Crippen molar-refractivity contribution in [2.24, 2.45) is 0 Å². The summed E-state index contributed by atoms with van der Waals surface area (Å²) in [5.41, 5.74) is 1.69. The molecule has 0 aliphatic carbocycles. The summed E-state index contributed by atoms with van der Waals surface area (Å²) in [5.74, 6) is 0.629. The summed E-state index contributed by atoms with van der Waals surface area (Å²) in [5, 5.41) is 6.56. The minimum Gasteiger partial charge on any atom is -0.495 e. The molecule has 0 radical (unpaired) electrons. The molecule has 6 heteroatoms. The van der Waals surface area contributed by atoms with Gasteiger partial charge in [0.25, 0.3) is 0 Å². The maximum Gasteiger partial charge on any atom is 0.319 e. The van der Waals surface area contributed by atoms with Crippen LogP contribution in [0.5, 0.6) is 5.75 Å². The highest BCUT2D eigenvalue weighted by Crippen LogP contribution is 2.30. The summed E-state index contributed by atoms with van der Waals surface area (Å²) in [6.07, 6.45) is 2.35. The topological polar surface area (TPSA) is 53.6 Å². The first kappa shape index (κ1) is 18.5. The molecule has 1 saturated heterocycles. The number of benzene rings is 2. The molecule has 2 aromatic carbocycles. The Labute approximate surface area is 159 Å². The number of carbonyl (C=O) groups excluding carboxylic acids is 1. The second kappa shape index (κ2) is 8.92. The highest BCUT2D eigenvalue weighted by molar-refractivity contribution is 6.31. The van der Waals surface area contributed by atoms with Crippen molar-refractivity contribution in [3.63, 3.8) is 0 Å². The van der Waals surface area contributed by atoms with Crippen LogP contribution >= 0.6 is 11.6 Å². The number of methoxy groups -OCH3 is 1. The molecule has 2 amide bonds. The standard InChI is InChI=1S/C20H24ClN3O2/c1-26-19-11-5-4-10-17(19)23-20(25)22-14-18(24-12-6-7-13-24)15-8-2-3-9-16(15)21/h2-5,8-11,18H,6-7,12-14H2,1H3,(H2,22,23,25)/t18-/m0/s1. The van der Waals surface area contributed by atoms with E-state index in [9.17, 15) is 4.79 Å². The van der Waals surface area contributed by atoms with E-state index in [4.69, 9.17) is 16.3 Å². The van der Waals surface area contributed by atoms with Crippen LogP contribution in [0.2, 0.25) is 5.02 Å². The summed E-state index contributed by atoms with van der Waals surface area (Å²) in [6.45, 7) is 2.53. The Bertz CT molecular complexity index is 747. The monoisotopic (exact) mass is 373 g/mol. The molecule has 0 unspecified atom stereocenters. The Morgan fingerprint density at radius 1 is 1.15 bits per heavy atom. The molecule has 138 valence electrons. The molecule has 2 aromatic rings. The van der Waals surface area contributed by atoms with E-state index in [1.165, 1.54) is 12.8 Å². The van der Waals surface area contributed by atoms with E-state index >= 15 is 0 Å². The van der Waals surface area contributed by atoms with Crippen molar-refractivity contribution < 1.29 is 9.53 Å². The van der Waals surface area contributed by atoms with Crippen molar-refractivity contribution in [3.8, 4) is 5.75 Å². The van der Waals surface area contributed by atoms with E-state index in [0.717, 1.165) is 23.7 Å². The van der Waals surface area contributed by atoms with Crippen molar-refractivity contribution in [1.82, 2.24) is 10.2 Å². The van der Waals surface area contributed by atoms with Gasteiger partial charge in [0.15, 0.2) is 0 Å². The lowest BCUT2D eigenvalue weighted by Crippen LogP contribution is -2.38. The number of ether oxygens (including phenoxy) is 1. The number of carbonyl (C=O) groups is 1. The van der Waals surface area contributed by atoms with Gasteiger partial charge in [-0.1, -0.05) is 41.9 Å². The molecule has 3 rings (SSSR count). The fraction of sp³-hybridized carbons (Fsp3) is 0.350. The number of anilines is 1. The zero-order valence-electron chi connectivity index (χ0n) is 14.9. The highest BCUT2D eigenvalue weighted by atomic mass is 35.5. The lowest BCUT2D eigenvalue weighted by atomic mass is 10.1. The molecular weight excluding hydrogens is 350 g/mol. The van der Waals surface area contributed by atoms with Crippen LogP contribution in [0.4, 0.5) is 10.5 Å². The SMILES string of the molecule is COc1ccccc1NC(=O)NC[C@@H](c1ccccc1Cl)N1CCCC1. The molecule has 5 nitrogen and oxygen atoms in total. The Kier molecular flexibility index (Phi) is 6.36. The number of halogens is 1. The maximum atomic E-state index is 12.4. The van der Waals surface area contributed by atoms with E-state index in [2.05, 4.69) is 15.5 Å². The molecule has 26 heavy (non-hydrogen) atoms. The van der Waals surface area contributed by atoms with Crippen LogP contribution in [0.15, 0.2) is 48.5 Å². The molecule has 0 bridgehead atoms. The van der Waals surface area contributed by atoms with Gasteiger partial charge >= 0.3 is 6.03 Å². The summed E-state index contributed by atoms with van der Waals surface area (Å²) < 4.78 is 5.27. The third-order valence-corrected chi connectivity index (χ3v) is 5.00. The van der Waals surface area contributed by atoms with Gasteiger partial charge in [0.05, 0.1) is 18.8 Å². The van der Waals surface area contributed by atoms with E-state index in [1.807, 2.05) is 48.5 Å². The van der Waals surface area contributed by atoms with Gasteiger partial charge in [0, 0.05) is 11.6 Å². The predicted octanol–water partition coefficient (Wildman–Crippen LogP) is 4.31. The van der Waals surface area contributed by atoms with Gasteiger partial charge in [-0.3, -0.25) is 4.90 Å². The molecule has 0 spiro atoms. The number of para-hydroxylation sites is 2. The number of urea groups is 1. The quantitative estimate of drug-likeness (QED) is 0.793. The van der Waals surface area contributed by atoms with Crippen LogP contribution in [-0.2, 0) is 0 Å². The summed E-state index contributed by atoms with van der Waals surface area (Å²) >= 11 is 6.41. The summed E-state index contributed by atoms with van der Waals surface area (Å²) in [7, 11) is 1.58. The average molecular weight is 374 g/mol. The van der Waals surface area contributed by atoms with E-state index in [1.54, 1.807) is 7.11 Å². The van der Waals surface area contributed by atoms with Crippen molar-refractivity contribution in [3.05, 3.63) is 59.1 Å². The normalized spacial score (nSPS) is 15.5. The number of nitrogens with zero attached hydrogens (tertiary/aromatic N) is 1. The third-order valence-electron chi connectivity index (χ3n) is 4.66. The number of hydrogen-bond donors (Lipinski definition) is 2. The van der Waals surface area contributed by atoms with Gasteiger partial charge in [0.1, 0.15) is 5.75 Å².